The Balaban J connectivity index is 1.91. The summed E-state index contributed by atoms with van der Waals surface area (Å²) >= 11 is 0. The number of carbonyl (C=O) groups excluding carboxylic acids is 1. The Bertz CT molecular complexity index is 537. The molecule has 0 atom stereocenters. The van der Waals surface area contributed by atoms with E-state index in [4.69, 9.17) is 0 Å². The van der Waals surface area contributed by atoms with E-state index in [1.807, 2.05) is 31.3 Å². The molecule has 1 amide bonds. The predicted octanol–water partition coefficient (Wildman–Crippen LogP) is 1.14. The lowest BCUT2D eigenvalue weighted by atomic mass is 10.0. The molecule has 0 spiro atoms. The molecule has 0 bridgehead atoms. The first-order valence-electron chi connectivity index (χ1n) is 6.79. The van der Waals surface area contributed by atoms with E-state index in [-0.39, 0.29) is 5.91 Å². The van der Waals surface area contributed by atoms with Gasteiger partial charge in [-0.1, -0.05) is 18.2 Å². The number of amides is 1. The molecule has 0 aliphatic carbocycles. The van der Waals surface area contributed by atoms with Crippen molar-refractivity contribution in [2.45, 2.75) is 12.8 Å². The summed E-state index contributed by atoms with van der Waals surface area (Å²) in [6, 6.07) is 7.73. The van der Waals surface area contributed by atoms with Crippen LogP contribution < -0.4 is 10.6 Å². The molecule has 0 aliphatic rings. The molecule has 1 aromatic heterocycles. The molecule has 3 N–H and O–H groups in total. The van der Waals surface area contributed by atoms with Gasteiger partial charge in [0.15, 0.2) is 0 Å². The molecule has 2 aromatic rings. The van der Waals surface area contributed by atoms with E-state index >= 15 is 0 Å². The molecule has 1 heterocycles. The van der Waals surface area contributed by atoms with Crippen LogP contribution in [0.2, 0.25) is 0 Å². The standard InChI is InChI=1S/C15H20N4O/c1-16-8-6-12-4-2-3-5-14(12)15(20)18-9-7-13-10-17-11-19-13/h2-5,10-11,16H,6-9H2,1H3,(H,17,19)(H,18,20). The summed E-state index contributed by atoms with van der Waals surface area (Å²) in [6.45, 7) is 1.46. The van der Waals surface area contributed by atoms with Gasteiger partial charge in [0.1, 0.15) is 0 Å². The number of aromatic nitrogens is 2. The van der Waals surface area contributed by atoms with Crippen LogP contribution in [0.15, 0.2) is 36.8 Å². The number of nitrogens with zero attached hydrogens (tertiary/aromatic N) is 1. The molecular formula is C15H20N4O. The van der Waals surface area contributed by atoms with Crippen molar-refractivity contribution in [3.63, 3.8) is 0 Å². The molecular weight excluding hydrogens is 252 g/mol. The molecule has 0 unspecified atom stereocenters. The normalized spacial score (nSPS) is 10.4. The van der Waals surface area contributed by atoms with Crippen LogP contribution in [0.1, 0.15) is 21.6 Å². The number of imidazole rings is 1. The summed E-state index contributed by atoms with van der Waals surface area (Å²) in [5.41, 5.74) is 2.85. The van der Waals surface area contributed by atoms with Gasteiger partial charge in [-0.05, 0) is 31.6 Å². The molecule has 5 nitrogen and oxygen atoms in total. The SMILES string of the molecule is CNCCc1ccccc1C(=O)NCCc1cnc[nH]1. The summed E-state index contributed by atoms with van der Waals surface area (Å²) in [5, 5.41) is 6.05. The predicted molar refractivity (Wildman–Crippen MR) is 78.7 cm³/mol. The molecule has 20 heavy (non-hydrogen) atoms. The molecule has 0 radical (unpaired) electrons. The molecule has 0 saturated heterocycles. The largest absolute Gasteiger partial charge is 0.352 e. The van der Waals surface area contributed by atoms with Crippen LogP contribution in [-0.4, -0.2) is 36.0 Å². The van der Waals surface area contributed by atoms with E-state index < -0.39 is 0 Å². The second kappa shape index (κ2) is 7.45. The fraction of sp³-hybridized carbons (Fsp3) is 0.333. The summed E-state index contributed by atoms with van der Waals surface area (Å²) in [7, 11) is 1.91. The lowest BCUT2D eigenvalue weighted by Gasteiger charge is -2.09. The van der Waals surface area contributed by atoms with Crippen molar-refractivity contribution in [1.82, 2.24) is 20.6 Å². The highest BCUT2D eigenvalue weighted by molar-refractivity contribution is 5.95. The highest BCUT2D eigenvalue weighted by Crippen LogP contribution is 2.09. The molecule has 0 saturated carbocycles. The minimum atomic E-state index is -0.0174. The molecule has 0 aliphatic heterocycles. The Kier molecular flexibility index (Phi) is 5.32. The van der Waals surface area contributed by atoms with E-state index in [0.29, 0.717) is 6.54 Å². The van der Waals surface area contributed by atoms with E-state index in [1.54, 1.807) is 12.5 Å². The highest BCUT2D eigenvalue weighted by atomic mass is 16.1. The van der Waals surface area contributed by atoms with Gasteiger partial charge in [-0.3, -0.25) is 4.79 Å². The molecule has 106 valence electrons. The van der Waals surface area contributed by atoms with Gasteiger partial charge in [0, 0.05) is 30.4 Å². The third kappa shape index (κ3) is 3.93. The first-order chi connectivity index (χ1) is 9.81. The van der Waals surface area contributed by atoms with Crippen molar-refractivity contribution < 1.29 is 4.79 Å². The van der Waals surface area contributed by atoms with Crippen molar-refractivity contribution in [1.29, 1.82) is 0 Å². The minimum Gasteiger partial charge on any atom is -0.352 e. The lowest BCUT2D eigenvalue weighted by molar-refractivity contribution is 0.0953. The van der Waals surface area contributed by atoms with Gasteiger partial charge in [-0.15, -0.1) is 0 Å². The van der Waals surface area contributed by atoms with E-state index in [0.717, 1.165) is 36.2 Å². The number of aromatic amines is 1. The van der Waals surface area contributed by atoms with Crippen LogP contribution >= 0.6 is 0 Å². The van der Waals surface area contributed by atoms with E-state index in [1.165, 1.54) is 0 Å². The number of carbonyl (C=O) groups is 1. The quantitative estimate of drug-likeness (QED) is 0.708. The van der Waals surface area contributed by atoms with Crippen molar-refractivity contribution in [3.05, 3.63) is 53.6 Å². The average Bonchev–Trinajstić information content (AvgIpc) is 2.98. The highest BCUT2D eigenvalue weighted by Gasteiger charge is 2.09. The zero-order valence-corrected chi connectivity index (χ0v) is 11.6. The first kappa shape index (κ1) is 14.3. The fourth-order valence-electron chi connectivity index (χ4n) is 2.05. The van der Waals surface area contributed by atoms with Gasteiger partial charge in [0.2, 0.25) is 0 Å². The molecule has 5 heteroatoms. The van der Waals surface area contributed by atoms with Gasteiger partial charge in [-0.2, -0.15) is 0 Å². The van der Waals surface area contributed by atoms with Gasteiger partial charge in [-0.25, -0.2) is 4.98 Å². The minimum absolute atomic E-state index is 0.0174. The van der Waals surface area contributed by atoms with Crippen molar-refractivity contribution >= 4 is 5.91 Å². The van der Waals surface area contributed by atoms with E-state index in [9.17, 15) is 4.79 Å². The monoisotopic (exact) mass is 272 g/mol. The van der Waals surface area contributed by atoms with Crippen molar-refractivity contribution in [2.24, 2.45) is 0 Å². The van der Waals surface area contributed by atoms with Gasteiger partial charge in [0.25, 0.3) is 5.91 Å². The van der Waals surface area contributed by atoms with Crippen molar-refractivity contribution in [2.75, 3.05) is 20.1 Å². The summed E-state index contributed by atoms with van der Waals surface area (Å²) in [6.07, 6.45) is 5.02. The molecule has 2 rings (SSSR count). The second-order valence-corrected chi connectivity index (χ2v) is 4.59. The van der Waals surface area contributed by atoms with Gasteiger partial charge < -0.3 is 15.6 Å². The summed E-state index contributed by atoms with van der Waals surface area (Å²) in [5.74, 6) is -0.0174. The first-order valence-corrected chi connectivity index (χ1v) is 6.79. The number of nitrogens with one attached hydrogen (secondary N) is 3. The van der Waals surface area contributed by atoms with Crippen molar-refractivity contribution in [3.8, 4) is 0 Å². The van der Waals surface area contributed by atoms with Crippen LogP contribution in [-0.2, 0) is 12.8 Å². The van der Waals surface area contributed by atoms with Gasteiger partial charge >= 0.3 is 0 Å². The van der Waals surface area contributed by atoms with E-state index in [2.05, 4.69) is 20.6 Å². The van der Waals surface area contributed by atoms with Crippen LogP contribution in [0.3, 0.4) is 0 Å². The van der Waals surface area contributed by atoms with Crippen LogP contribution in [0, 0.1) is 0 Å². The number of H-pyrrole nitrogens is 1. The Labute approximate surface area is 118 Å². The van der Waals surface area contributed by atoms with Gasteiger partial charge in [0.05, 0.1) is 6.33 Å². The maximum absolute atomic E-state index is 12.2. The summed E-state index contributed by atoms with van der Waals surface area (Å²) in [4.78, 5) is 19.2. The number of rotatable bonds is 7. The zero-order valence-electron chi connectivity index (χ0n) is 11.6. The second-order valence-electron chi connectivity index (χ2n) is 4.59. The topological polar surface area (TPSA) is 69.8 Å². The maximum Gasteiger partial charge on any atom is 0.251 e. The molecule has 1 aromatic carbocycles. The summed E-state index contributed by atoms with van der Waals surface area (Å²) < 4.78 is 0. The zero-order chi connectivity index (χ0) is 14.2. The lowest BCUT2D eigenvalue weighted by Crippen LogP contribution is -2.27. The number of hydrogen-bond acceptors (Lipinski definition) is 3. The third-order valence-electron chi connectivity index (χ3n) is 3.14. The molecule has 0 fully saturated rings. The van der Waals surface area contributed by atoms with Crippen LogP contribution in [0.25, 0.3) is 0 Å². The Hall–Kier alpha value is -2.14. The number of likely N-dealkylation sites (N-methyl/N-ethyl adjacent to an activating group) is 1. The Morgan fingerprint density at radius 1 is 1.25 bits per heavy atom. The number of hydrogen-bond donors (Lipinski definition) is 3. The Morgan fingerprint density at radius 2 is 2.10 bits per heavy atom. The maximum atomic E-state index is 12.2. The smallest absolute Gasteiger partial charge is 0.251 e. The Morgan fingerprint density at radius 3 is 2.85 bits per heavy atom. The van der Waals surface area contributed by atoms with Crippen LogP contribution in [0.4, 0.5) is 0 Å². The average molecular weight is 272 g/mol. The van der Waals surface area contributed by atoms with Crippen LogP contribution in [0.5, 0.6) is 0 Å². The third-order valence-corrected chi connectivity index (χ3v) is 3.14. The number of benzene rings is 1. The fourth-order valence-corrected chi connectivity index (χ4v) is 2.05.